The number of nitrogens with zero attached hydrogens (tertiary/aromatic N) is 1. The Morgan fingerprint density at radius 2 is 1.81 bits per heavy atom. The van der Waals surface area contributed by atoms with Crippen molar-refractivity contribution in [1.82, 2.24) is 14.9 Å². The van der Waals surface area contributed by atoms with E-state index in [1.807, 2.05) is 10.8 Å². The van der Waals surface area contributed by atoms with Crippen LogP contribution >= 0.6 is 21.6 Å². The number of rotatable bonds is 6. The molecule has 12 atom stereocenters. The minimum atomic E-state index is -1.08. The average molecular weight is 1040 g/mol. The van der Waals surface area contributed by atoms with E-state index >= 15 is 0 Å². The quantitative estimate of drug-likeness (QED) is 0.0556. The lowest BCUT2D eigenvalue weighted by atomic mass is 9.51. The van der Waals surface area contributed by atoms with Gasteiger partial charge in [0.2, 0.25) is 0 Å². The lowest BCUT2D eigenvalue weighted by Gasteiger charge is -2.56. The predicted octanol–water partition coefficient (Wildman–Crippen LogP) is 10.4. The number of carbonyl (C=O) groups is 1. The summed E-state index contributed by atoms with van der Waals surface area (Å²) >= 11 is 0. The van der Waals surface area contributed by atoms with Gasteiger partial charge in [-0.1, -0.05) is 108 Å². The first-order valence-electron chi connectivity index (χ1n) is 28.1. The third-order valence-electron chi connectivity index (χ3n) is 20.6. The molecule has 388 valence electrons. The Morgan fingerprint density at radius 1 is 0.986 bits per heavy atom. The van der Waals surface area contributed by atoms with E-state index in [2.05, 4.69) is 75.5 Å². The van der Waals surface area contributed by atoms with Crippen molar-refractivity contribution >= 4 is 38.3 Å². The number of ether oxygens (including phenoxy) is 2. The number of aliphatic hydroxyl groups is 3. The van der Waals surface area contributed by atoms with E-state index in [1.165, 1.54) is 54.4 Å². The van der Waals surface area contributed by atoms with Crippen LogP contribution in [0.15, 0.2) is 48.4 Å². The number of H-pyrrole nitrogens is 1. The molecule has 0 amide bonds. The van der Waals surface area contributed by atoms with Crippen LogP contribution in [0.4, 0.5) is 0 Å². The average Bonchev–Trinajstić information content (AvgIpc) is 4.26. The third kappa shape index (κ3) is 7.63. The highest BCUT2D eigenvalue weighted by Crippen LogP contribution is 2.66. The molecule has 74 heavy (non-hydrogen) atoms. The van der Waals surface area contributed by atoms with E-state index in [1.54, 1.807) is 16.9 Å². The summed E-state index contributed by atoms with van der Waals surface area (Å²) < 4.78 is 16.2. The van der Waals surface area contributed by atoms with Crippen LogP contribution in [-0.2, 0) is 22.4 Å². The molecular weight excluding hydrogens is 965 g/mol. The van der Waals surface area contributed by atoms with Crippen LogP contribution < -0.4 is 20.5 Å². The molecule has 8 heterocycles. The second-order valence-electron chi connectivity index (χ2n) is 24.5. The van der Waals surface area contributed by atoms with Gasteiger partial charge in [0.05, 0.1) is 35.2 Å². The summed E-state index contributed by atoms with van der Waals surface area (Å²) in [6.45, 7) is 0.707. The van der Waals surface area contributed by atoms with Crippen molar-refractivity contribution in [3.63, 3.8) is 0 Å². The topological polar surface area (TPSA) is 175 Å². The van der Waals surface area contributed by atoms with Gasteiger partial charge in [0.15, 0.2) is 17.7 Å². The van der Waals surface area contributed by atoms with Gasteiger partial charge in [0.25, 0.3) is 0 Å². The van der Waals surface area contributed by atoms with Gasteiger partial charge >= 0.3 is 0 Å². The molecule has 13 heteroatoms. The van der Waals surface area contributed by atoms with Crippen LogP contribution in [0, 0.1) is 64.3 Å². The minimum absolute atomic E-state index is 0.00474. The molecule has 6 aliphatic carbocycles. The number of nitrogens with two attached hydrogens (primary N) is 1. The Bertz CT molecular complexity index is 3090. The normalized spacial score (nSPS) is 34.1. The van der Waals surface area contributed by atoms with Crippen molar-refractivity contribution in [1.29, 1.82) is 0 Å². The second-order valence-corrected chi connectivity index (χ2v) is 27.0. The Kier molecular flexibility index (Phi) is 12.0. The first kappa shape index (κ1) is 48.1. The number of aliphatic hydroxyl groups excluding tert-OH is 3. The number of hydrogen-bond acceptors (Lipinski definition) is 11. The molecule has 4 saturated carbocycles. The Labute approximate surface area is 442 Å². The second kappa shape index (κ2) is 18.4. The molecule has 16 rings (SSSR count). The van der Waals surface area contributed by atoms with Crippen LogP contribution in [0.2, 0.25) is 0 Å². The zero-order valence-corrected chi connectivity index (χ0v) is 43.9. The van der Waals surface area contributed by atoms with Gasteiger partial charge in [-0.25, -0.2) is 0 Å². The zero-order chi connectivity index (χ0) is 50.1. The molecule has 0 saturated heterocycles. The molecule has 0 radical (unpaired) electrons. The molecule has 3 spiro atoms. The molecule has 11 nitrogen and oxygen atoms in total. The fourth-order valence-corrected chi connectivity index (χ4v) is 19.9. The molecule has 10 bridgehead atoms. The van der Waals surface area contributed by atoms with Crippen LogP contribution in [0.1, 0.15) is 179 Å². The maximum atomic E-state index is 14.2. The van der Waals surface area contributed by atoms with E-state index in [9.17, 15) is 25.2 Å². The minimum Gasteiger partial charge on any atom is -0.508 e. The number of Topliss-reactive ketones (excluding diaryl/α,β-unsaturated/α-hetero) is 1. The maximum absolute atomic E-state index is 14.2. The number of aromatic nitrogens is 2. The van der Waals surface area contributed by atoms with Crippen molar-refractivity contribution in [3.05, 3.63) is 87.4 Å². The summed E-state index contributed by atoms with van der Waals surface area (Å²) in [7, 11) is 3.54. The van der Waals surface area contributed by atoms with Gasteiger partial charge in [-0.05, 0) is 115 Å². The first-order valence-corrected chi connectivity index (χ1v) is 30.6. The van der Waals surface area contributed by atoms with E-state index in [4.69, 9.17) is 15.2 Å². The Hall–Kier alpha value is -4.31. The maximum Gasteiger partial charge on any atom is 0.191 e. The van der Waals surface area contributed by atoms with Gasteiger partial charge in [0.1, 0.15) is 23.7 Å². The lowest BCUT2D eigenvalue weighted by molar-refractivity contribution is -0.122. The number of phenolic OH excluding ortho intramolecular Hbond substituents is 1. The van der Waals surface area contributed by atoms with Crippen molar-refractivity contribution < 1.29 is 34.7 Å². The highest BCUT2D eigenvalue weighted by Gasteiger charge is 2.58. The zero-order valence-electron chi connectivity index (χ0n) is 42.3. The number of benzene rings is 2. The molecule has 2 aromatic carbocycles. The molecule has 4 fully saturated rings. The summed E-state index contributed by atoms with van der Waals surface area (Å²) in [5.41, 5.74) is 15.4. The highest BCUT2D eigenvalue weighted by atomic mass is 33.1. The Balaban J connectivity index is 0.881. The fourth-order valence-electron chi connectivity index (χ4n) is 17.2. The van der Waals surface area contributed by atoms with E-state index < -0.39 is 41.8 Å². The van der Waals surface area contributed by atoms with E-state index in [0.717, 1.165) is 103 Å². The smallest absolute Gasteiger partial charge is 0.191 e. The van der Waals surface area contributed by atoms with Gasteiger partial charge in [-0.2, -0.15) is 0 Å². The van der Waals surface area contributed by atoms with Crippen LogP contribution in [0.3, 0.4) is 0 Å². The number of hydrogen-bond donors (Lipinski definition) is 7. The molecule has 12 aliphatic rings. The molecule has 4 aromatic rings. The Morgan fingerprint density at radius 3 is 2.68 bits per heavy atom. The van der Waals surface area contributed by atoms with Gasteiger partial charge in [-0.3, -0.25) is 10.1 Å². The largest absolute Gasteiger partial charge is 0.508 e. The molecular formula is C61H70N4O7S2. The molecule has 2 aromatic heterocycles. The third-order valence-corrected chi connectivity index (χ3v) is 23.1. The summed E-state index contributed by atoms with van der Waals surface area (Å²) in [5.74, 6) is 13.5. The van der Waals surface area contributed by atoms with E-state index in [0.29, 0.717) is 47.6 Å². The highest BCUT2D eigenvalue weighted by molar-refractivity contribution is 8.76. The van der Waals surface area contributed by atoms with Gasteiger partial charge in [0, 0.05) is 89.3 Å². The number of fused-ring (bicyclic) bond motifs is 4. The monoisotopic (exact) mass is 1030 g/mol. The fraction of sp³-hybridized carbons (Fsp3) is 0.590. The molecule has 0 unspecified atom stereocenters. The number of aromatic amines is 1. The van der Waals surface area contributed by atoms with E-state index in [-0.39, 0.29) is 53.7 Å². The van der Waals surface area contributed by atoms with Crippen LogP contribution in [0.25, 0.3) is 10.9 Å². The standard InChI is InChI=1S/C61H70N4O7S2/c62-57-40-14-13-39-48(67)16-15-46-58-65-28-44-43(27-63-47(44)29-65)55-53(39)54(40)61(32-64-57,31-60(55)19-5-6-20-60)33-74-73-30-45-38(51(70)26-52(56(45)72-58)71-22-21-59(46)17-3-4-18-59)12-11-36(66)24-49(68)42-23-35-10-9-34-7-1-2-8-37(34)41(35)25-50(42)69/h13-14,23,26-29,34,37,41-42,46,48-50,55,57-58,63-64,67-70H,1-12,17-20,24-25,30-33,62H2/t34-,37-,41-,42+,46+,48-,49+,50-,55-,57+,58+,61-/m1/s1. The number of nitrogens with one attached hydrogen (secondary N) is 2. The number of carbonyl (C=O) groups excluding carboxylic acids is 1. The molecule has 6 aliphatic heterocycles. The summed E-state index contributed by atoms with van der Waals surface area (Å²) in [6.07, 6.45) is 25.2. The predicted molar refractivity (Wildman–Crippen MR) is 288 cm³/mol. The number of phenols is 1. The van der Waals surface area contributed by atoms with Crippen molar-refractivity contribution in [2.75, 3.05) is 12.3 Å². The van der Waals surface area contributed by atoms with Crippen molar-refractivity contribution in [2.45, 2.75) is 170 Å². The SMILES string of the molecule is N[C@H]1NC[C@]23CSSCc4c(CCC(=O)C[C@H](O)[C@@H]5C=C6CC[C@H]7CCCC[C@H]7[C@@H]6C[C@H]5O)c(O)cc5c4O[C@H]4[C@H](C#C[C@@H](O)c6ccc1c2c6[C@@H](c1c[nH]c2cn4cc12)C1(CCCC1)C3)C1(C#CO5)CCCC1. The molecule has 8 N–H and O–H groups in total. The summed E-state index contributed by atoms with van der Waals surface area (Å²) in [5, 5.41) is 53.1. The number of allylic oxidation sites excluding steroid dienone is 1. The van der Waals surface area contributed by atoms with Crippen molar-refractivity contribution in [3.8, 4) is 41.1 Å². The number of ketones is 1. The number of aromatic hydroxyl groups is 1. The van der Waals surface area contributed by atoms with Crippen LogP contribution in [0.5, 0.6) is 17.2 Å². The van der Waals surface area contributed by atoms with Gasteiger partial charge < -0.3 is 45.2 Å². The van der Waals surface area contributed by atoms with Gasteiger partial charge in [-0.15, -0.1) is 0 Å². The van der Waals surface area contributed by atoms with Crippen molar-refractivity contribution in [2.24, 2.45) is 46.2 Å². The lowest BCUT2D eigenvalue weighted by Crippen LogP contribution is -2.56. The first-order chi connectivity index (χ1) is 36.0. The summed E-state index contributed by atoms with van der Waals surface area (Å²) in [4.78, 5) is 17.9. The summed E-state index contributed by atoms with van der Waals surface area (Å²) in [6, 6.07) is 5.86. The van der Waals surface area contributed by atoms with Crippen LogP contribution in [-0.4, -0.2) is 60.3 Å².